The van der Waals surface area contributed by atoms with Crippen LogP contribution in [-0.2, 0) is 9.84 Å². The monoisotopic (exact) mass is 502 g/mol. The van der Waals surface area contributed by atoms with E-state index in [1.165, 1.54) is 18.3 Å². The van der Waals surface area contributed by atoms with Crippen LogP contribution in [0.25, 0.3) is 11.1 Å². The molecule has 4 rings (SSSR count). The summed E-state index contributed by atoms with van der Waals surface area (Å²) in [6, 6.07) is 14.5. The number of ether oxygens (including phenoxy) is 2. The molecule has 0 bridgehead atoms. The molecule has 1 aliphatic rings. The Morgan fingerprint density at radius 1 is 1.03 bits per heavy atom. The molecule has 34 heavy (non-hydrogen) atoms. The number of amides is 1. The van der Waals surface area contributed by atoms with Crippen LogP contribution in [0.1, 0.15) is 12.8 Å². The second-order valence-corrected chi connectivity index (χ2v) is 10.4. The van der Waals surface area contributed by atoms with Gasteiger partial charge in [0.05, 0.1) is 15.5 Å². The molecule has 1 amide bonds. The maximum absolute atomic E-state index is 12.6. The Labute approximate surface area is 202 Å². The molecule has 0 saturated carbocycles. The normalized spacial score (nSPS) is 14.6. The van der Waals surface area contributed by atoms with Gasteiger partial charge in [-0.3, -0.25) is 4.79 Å². The van der Waals surface area contributed by atoms with E-state index in [9.17, 15) is 18.0 Å². The fourth-order valence-corrected chi connectivity index (χ4v) is 4.53. The van der Waals surface area contributed by atoms with Crippen molar-refractivity contribution in [1.82, 2.24) is 9.88 Å². The minimum Gasteiger partial charge on any atom is -0.489 e. The van der Waals surface area contributed by atoms with E-state index in [1.54, 1.807) is 47.4 Å². The van der Waals surface area contributed by atoms with Gasteiger partial charge in [-0.1, -0.05) is 35.9 Å². The number of aromatic nitrogens is 1. The van der Waals surface area contributed by atoms with E-state index >= 15 is 0 Å². The number of likely N-dealkylation sites (tertiary alicyclic amines) is 1. The van der Waals surface area contributed by atoms with Crippen molar-refractivity contribution in [3.8, 4) is 22.6 Å². The van der Waals surface area contributed by atoms with Gasteiger partial charge in [-0.25, -0.2) is 13.2 Å². The third kappa shape index (κ3) is 5.43. The second kappa shape index (κ2) is 9.90. The van der Waals surface area contributed by atoms with Crippen molar-refractivity contribution in [3.63, 3.8) is 0 Å². The van der Waals surface area contributed by atoms with Gasteiger partial charge in [-0.2, -0.15) is 0 Å². The van der Waals surface area contributed by atoms with Gasteiger partial charge in [-0.15, -0.1) is 0 Å². The highest BCUT2D eigenvalue weighted by atomic mass is 35.5. The van der Waals surface area contributed by atoms with Crippen molar-refractivity contribution < 1.29 is 22.7 Å². The van der Waals surface area contributed by atoms with E-state index in [0.29, 0.717) is 53.6 Å². The molecule has 1 aromatic heterocycles. The Kier molecular flexibility index (Phi) is 6.95. The van der Waals surface area contributed by atoms with Crippen LogP contribution in [-0.4, -0.2) is 49.8 Å². The third-order valence-electron chi connectivity index (χ3n) is 5.52. The molecule has 0 aliphatic carbocycles. The smallest absolute Gasteiger partial charge is 0.415 e. The van der Waals surface area contributed by atoms with Crippen molar-refractivity contribution in [3.05, 3.63) is 76.2 Å². The van der Waals surface area contributed by atoms with Gasteiger partial charge in [-0.05, 0) is 35.9 Å². The summed E-state index contributed by atoms with van der Waals surface area (Å²) in [6.45, 7) is 0.852. The summed E-state index contributed by atoms with van der Waals surface area (Å²) < 4.78 is 35.0. The van der Waals surface area contributed by atoms with Gasteiger partial charge in [0.1, 0.15) is 11.9 Å². The summed E-state index contributed by atoms with van der Waals surface area (Å²) >= 11 is 6.06. The number of piperidine rings is 1. The lowest BCUT2D eigenvalue weighted by atomic mass is 10.1. The summed E-state index contributed by atoms with van der Waals surface area (Å²) in [5.41, 5.74) is 0.526. The quantitative estimate of drug-likeness (QED) is 0.562. The zero-order valence-electron chi connectivity index (χ0n) is 18.4. The molecule has 2 aromatic carbocycles. The molecule has 0 unspecified atom stereocenters. The average Bonchev–Trinajstić information content (AvgIpc) is 2.81. The van der Waals surface area contributed by atoms with Crippen LogP contribution in [0.3, 0.4) is 0 Å². The lowest BCUT2D eigenvalue weighted by molar-refractivity contribution is 0.0933. The Balaban J connectivity index is 1.44. The first-order valence-corrected chi connectivity index (χ1v) is 12.9. The highest BCUT2D eigenvalue weighted by Gasteiger charge is 2.26. The van der Waals surface area contributed by atoms with E-state index in [0.717, 1.165) is 6.26 Å². The number of para-hydroxylation sites is 1. The zero-order chi connectivity index (χ0) is 24.3. The number of hydrogen-bond donors (Lipinski definition) is 1. The SMILES string of the molecule is CS(=O)(=O)c1ccc(-c2c(OC3CCN(C(=O)Oc4ccccc4Cl)CC3)cc[nH]c2=O)cc1. The lowest BCUT2D eigenvalue weighted by Gasteiger charge is -2.31. The van der Waals surface area contributed by atoms with Gasteiger partial charge in [0.15, 0.2) is 15.6 Å². The molecule has 0 spiro atoms. The lowest BCUT2D eigenvalue weighted by Crippen LogP contribution is -2.43. The standard InChI is InChI=1S/C24H23ClN2O6S/c1-34(30,31)18-8-6-16(7-9-18)22-21(10-13-26-23(22)28)32-17-11-14-27(15-12-17)24(29)33-20-5-3-2-4-19(20)25/h2-10,13,17H,11-12,14-15H2,1H3,(H,26,28). The second-order valence-electron chi connectivity index (χ2n) is 7.95. The average molecular weight is 503 g/mol. The van der Waals surface area contributed by atoms with Crippen molar-refractivity contribution >= 4 is 27.5 Å². The Morgan fingerprint density at radius 3 is 2.35 bits per heavy atom. The molecule has 10 heteroatoms. The van der Waals surface area contributed by atoms with Crippen molar-refractivity contribution in [2.75, 3.05) is 19.3 Å². The molecule has 1 aliphatic heterocycles. The zero-order valence-corrected chi connectivity index (χ0v) is 19.9. The first kappa shape index (κ1) is 23.8. The van der Waals surface area contributed by atoms with Crippen molar-refractivity contribution in [2.24, 2.45) is 0 Å². The van der Waals surface area contributed by atoms with Gasteiger partial charge < -0.3 is 19.4 Å². The summed E-state index contributed by atoms with van der Waals surface area (Å²) in [6.07, 6.45) is 3.05. The molecule has 178 valence electrons. The molecular weight excluding hydrogens is 480 g/mol. The number of pyridine rings is 1. The van der Waals surface area contributed by atoms with Gasteiger partial charge in [0, 0.05) is 38.4 Å². The molecule has 0 radical (unpaired) electrons. The van der Waals surface area contributed by atoms with Crippen LogP contribution in [0.2, 0.25) is 5.02 Å². The number of aromatic amines is 1. The summed E-state index contributed by atoms with van der Waals surface area (Å²) in [5, 5.41) is 0.362. The number of sulfone groups is 1. The summed E-state index contributed by atoms with van der Waals surface area (Å²) in [5.74, 6) is 0.704. The number of halogens is 1. The molecular formula is C24H23ClN2O6S. The van der Waals surface area contributed by atoms with E-state index in [1.807, 2.05) is 0 Å². The summed E-state index contributed by atoms with van der Waals surface area (Å²) in [7, 11) is -3.35. The highest BCUT2D eigenvalue weighted by molar-refractivity contribution is 7.90. The van der Waals surface area contributed by atoms with Crippen molar-refractivity contribution in [2.45, 2.75) is 23.8 Å². The fourth-order valence-electron chi connectivity index (χ4n) is 3.72. The number of hydrogen-bond acceptors (Lipinski definition) is 6. The van der Waals surface area contributed by atoms with Crippen LogP contribution in [0, 0.1) is 0 Å². The van der Waals surface area contributed by atoms with Crippen LogP contribution in [0.15, 0.2) is 70.5 Å². The molecule has 0 atom stereocenters. The molecule has 8 nitrogen and oxygen atoms in total. The Morgan fingerprint density at radius 2 is 1.71 bits per heavy atom. The first-order valence-electron chi connectivity index (χ1n) is 10.6. The van der Waals surface area contributed by atoms with Crippen LogP contribution in [0.5, 0.6) is 11.5 Å². The molecule has 1 fully saturated rings. The molecule has 2 heterocycles. The minimum atomic E-state index is -3.35. The maximum atomic E-state index is 12.6. The fraction of sp³-hybridized carbons (Fsp3) is 0.250. The Hall–Kier alpha value is -3.30. The van der Waals surface area contributed by atoms with E-state index < -0.39 is 15.9 Å². The predicted molar refractivity (Wildman–Crippen MR) is 128 cm³/mol. The molecule has 1 N–H and O–H groups in total. The third-order valence-corrected chi connectivity index (χ3v) is 6.96. The summed E-state index contributed by atoms with van der Waals surface area (Å²) in [4.78, 5) is 29.4. The predicted octanol–water partition coefficient (Wildman–Crippen LogP) is 4.14. The number of carbonyl (C=O) groups is 1. The topological polar surface area (TPSA) is 106 Å². The van der Waals surface area contributed by atoms with Crippen LogP contribution >= 0.6 is 11.6 Å². The number of carbonyl (C=O) groups excluding carboxylic acids is 1. The van der Waals surface area contributed by atoms with Crippen molar-refractivity contribution in [1.29, 1.82) is 0 Å². The number of H-pyrrole nitrogens is 1. The van der Waals surface area contributed by atoms with E-state index in [-0.39, 0.29) is 16.6 Å². The van der Waals surface area contributed by atoms with Gasteiger partial charge in [0.25, 0.3) is 5.56 Å². The molecule has 3 aromatic rings. The van der Waals surface area contributed by atoms with Crippen LogP contribution in [0.4, 0.5) is 4.79 Å². The minimum absolute atomic E-state index is 0.169. The van der Waals surface area contributed by atoms with E-state index in [4.69, 9.17) is 21.1 Å². The van der Waals surface area contributed by atoms with Gasteiger partial charge in [0.2, 0.25) is 0 Å². The number of benzene rings is 2. The van der Waals surface area contributed by atoms with E-state index in [2.05, 4.69) is 4.98 Å². The largest absolute Gasteiger partial charge is 0.489 e. The Bertz CT molecular complexity index is 1350. The maximum Gasteiger partial charge on any atom is 0.415 e. The van der Waals surface area contributed by atoms with Gasteiger partial charge >= 0.3 is 6.09 Å². The number of nitrogens with one attached hydrogen (secondary N) is 1. The molecule has 1 saturated heterocycles. The number of rotatable bonds is 5. The number of nitrogens with zero attached hydrogens (tertiary/aromatic N) is 1. The highest BCUT2D eigenvalue weighted by Crippen LogP contribution is 2.30. The van der Waals surface area contributed by atoms with Crippen LogP contribution < -0.4 is 15.0 Å². The first-order chi connectivity index (χ1) is 16.2.